The topological polar surface area (TPSA) is 39.2 Å². The molecule has 0 aliphatic heterocycles. The Morgan fingerprint density at radius 3 is 2.75 bits per heavy atom. The fourth-order valence-electron chi connectivity index (χ4n) is 1.71. The van der Waals surface area contributed by atoms with Gasteiger partial charge in [0.05, 0.1) is 17.3 Å². The first-order valence-corrected chi connectivity index (χ1v) is 7.26. The largest absolute Gasteiger partial charge is 0.489 e. The fraction of sp³-hybridized carbons (Fsp3) is 0.200. The van der Waals surface area contributed by atoms with Gasteiger partial charge in [0.1, 0.15) is 5.75 Å². The highest BCUT2D eigenvalue weighted by Gasteiger charge is 2.14. The number of halogens is 2. The Labute approximate surface area is 131 Å². The molecular formula is C15H13BrClNO2. The Balaban J connectivity index is 2.35. The molecule has 0 spiro atoms. The number of aromatic nitrogens is 1. The molecule has 0 atom stereocenters. The van der Waals surface area contributed by atoms with Crippen molar-refractivity contribution < 1.29 is 9.53 Å². The molecular weight excluding hydrogens is 342 g/mol. The Morgan fingerprint density at radius 2 is 2.05 bits per heavy atom. The standard InChI is InChI=1S/C15H13BrClNO2/c1-9(2)20-12-5-10(7-18-8-12)15(19)13-6-11(16)3-4-14(13)17/h3-9H,1-2H3. The summed E-state index contributed by atoms with van der Waals surface area (Å²) in [6, 6.07) is 6.84. The van der Waals surface area contributed by atoms with Crippen molar-refractivity contribution in [2.45, 2.75) is 20.0 Å². The van der Waals surface area contributed by atoms with Crippen molar-refractivity contribution in [1.82, 2.24) is 4.98 Å². The van der Waals surface area contributed by atoms with E-state index in [2.05, 4.69) is 20.9 Å². The summed E-state index contributed by atoms with van der Waals surface area (Å²) in [5, 5.41) is 0.411. The predicted octanol–water partition coefficient (Wildman–Crippen LogP) is 4.52. The first-order chi connectivity index (χ1) is 9.47. The molecule has 0 bridgehead atoms. The van der Waals surface area contributed by atoms with E-state index in [1.807, 2.05) is 13.8 Å². The van der Waals surface area contributed by atoms with Crippen LogP contribution in [0.4, 0.5) is 0 Å². The van der Waals surface area contributed by atoms with E-state index in [0.29, 0.717) is 21.9 Å². The summed E-state index contributed by atoms with van der Waals surface area (Å²) in [5.41, 5.74) is 0.882. The van der Waals surface area contributed by atoms with Crippen LogP contribution in [0.15, 0.2) is 41.1 Å². The molecule has 1 aromatic carbocycles. The summed E-state index contributed by atoms with van der Waals surface area (Å²) in [4.78, 5) is 16.5. The van der Waals surface area contributed by atoms with Gasteiger partial charge in [-0.2, -0.15) is 0 Å². The van der Waals surface area contributed by atoms with Crippen LogP contribution in [0.3, 0.4) is 0 Å². The molecule has 0 unspecified atom stereocenters. The molecule has 2 aromatic rings. The molecule has 0 saturated heterocycles. The fourth-order valence-corrected chi connectivity index (χ4v) is 2.27. The number of carbonyl (C=O) groups is 1. The second-order valence-corrected chi connectivity index (χ2v) is 5.85. The van der Waals surface area contributed by atoms with Gasteiger partial charge in [-0.3, -0.25) is 9.78 Å². The lowest BCUT2D eigenvalue weighted by atomic mass is 10.1. The van der Waals surface area contributed by atoms with E-state index in [9.17, 15) is 4.79 Å². The quantitative estimate of drug-likeness (QED) is 0.758. The predicted molar refractivity (Wildman–Crippen MR) is 82.6 cm³/mol. The minimum atomic E-state index is -0.182. The average molecular weight is 355 g/mol. The number of carbonyl (C=O) groups excluding carboxylic acids is 1. The Morgan fingerprint density at radius 1 is 1.30 bits per heavy atom. The van der Waals surface area contributed by atoms with Gasteiger partial charge >= 0.3 is 0 Å². The van der Waals surface area contributed by atoms with E-state index in [4.69, 9.17) is 16.3 Å². The smallest absolute Gasteiger partial charge is 0.196 e. The molecule has 0 saturated carbocycles. The van der Waals surface area contributed by atoms with Crippen LogP contribution in [-0.2, 0) is 0 Å². The van der Waals surface area contributed by atoms with Crippen LogP contribution < -0.4 is 4.74 Å². The molecule has 0 aliphatic carbocycles. The number of ketones is 1. The van der Waals surface area contributed by atoms with Crippen molar-refractivity contribution in [2.75, 3.05) is 0 Å². The highest BCUT2D eigenvalue weighted by Crippen LogP contribution is 2.24. The molecule has 5 heteroatoms. The third-order valence-corrected chi connectivity index (χ3v) is 3.34. The zero-order valence-electron chi connectivity index (χ0n) is 11.1. The lowest BCUT2D eigenvalue weighted by Crippen LogP contribution is -2.08. The van der Waals surface area contributed by atoms with E-state index < -0.39 is 0 Å². The maximum Gasteiger partial charge on any atom is 0.196 e. The van der Waals surface area contributed by atoms with E-state index in [-0.39, 0.29) is 11.9 Å². The lowest BCUT2D eigenvalue weighted by molar-refractivity contribution is 0.103. The van der Waals surface area contributed by atoms with Gasteiger partial charge in [0.15, 0.2) is 5.78 Å². The number of hydrogen-bond donors (Lipinski definition) is 0. The third-order valence-electron chi connectivity index (χ3n) is 2.52. The summed E-state index contributed by atoms with van der Waals surface area (Å²) < 4.78 is 6.34. The van der Waals surface area contributed by atoms with E-state index in [0.717, 1.165) is 4.47 Å². The van der Waals surface area contributed by atoms with Crippen molar-refractivity contribution in [3.63, 3.8) is 0 Å². The van der Waals surface area contributed by atoms with Crippen LogP contribution in [0.25, 0.3) is 0 Å². The van der Waals surface area contributed by atoms with Gasteiger partial charge in [0, 0.05) is 21.8 Å². The molecule has 2 rings (SSSR count). The maximum atomic E-state index is 12.5. The lowest BCUT2D eigenvalue weighted by Gasteiger charge is -2.10. The summed E-state index contributed by atoms with van der Waals surface area (Å²) in [6.07, 6.45) is 3.11. The van der Waals surface area contributed by atoms with Gasteiger partial charge in [0.2, 0.25) is 0 Å². The Bertz CT molecular complexity index is 644. The number of rotatable bonds is 4. The number of nitrogens with zero attached hydrogens (tertiary/aromatic N) is 1. The zero-order valence-corrected chi connectivity index (χ0v) is 13.4. The Hall–Kier alpha value is -1.39. The molecule has 0 radical (unpaired) electrons. The summed E-state index contributed by atoms with van der Waals surface area (Å²) in [5.74, 6) is 0.384. The average Bonchev–Trinajstić information content (AvgIpc) is 2.40. The van der Waals surface area contributed by atoms with E-state index in [1.54, 1.807) is 30.5 Å². The molecule has 0 fully saturated rings. The van der Waals surface area contributed by atoms with Crippen LogP contribution in [0.2, 0.25) is 5.02 Å². The maximum absolute atomic E-state index is 12.5. The number of benzene rings is 1. The van der Waals surface area contributed by atoms with Crippen LogP contribution >= 0.6 is 27.5 Å². The van der Waals surface area contributed by atoms with Crippen molar-refractivity contribution in [1.29, 1.82) is 0 Å². The zero-order chi connectivity index (χ0) is 14.7. The summed E-state index contributed by atoms with van der Waals surface area (Å²) in [7, 11) is 0. The second kappa shape index (κ2) is 6.37. The number of ether oxygens (including phenoxy) is 1. The van der Waals surface area contributed by atoms with Crippen molar-refractivity contribution >= 4 is 33.3 Å². The van der Waals surface area contributed by atoms with E-state index >= 15 is 0 Å². The third kappa shape index (κ3) is 3.58. The Kier molecular flexibility index (Phi) is 4.78. The van der Waals surface area contributed by atoms with Gasteiger partial charge in [-0.25, -0.2) is 0 Å². The molecule has 3 nitrogen and oxygen atoms in total. The van der Waals surface area contributed by atoms with E-state index in [1.165, 1.54) is 6.20 Å². The van der Waals surface area contributed by atoms with Crippen LogP contribution in [0, 0.1) is 0 Å². The second-order valence-electron chi connectivity index (χ2n) is 4.53. The monoisotopic (exact) mass is 353 g/mol. The van der Waals surface area contributed by atoms with Gasteiger partial charge in [-0.1, -0.05) is 27.5 Å². The highest BCUT2D eigenvalue weighted by molar-refractivity contribution is 9.10. The molecule has 0 aliphatic rings. The molecule has 1 heterocycles. The molecule has 104 valence electrons. The first-order valence-electron chi connectivity index (χ1n) is 6.09. The molecule has 0 N–H and O–H groups in total. The van der Waals surface area contributed by atoms with Crippen molar-refractivity contribution in [2.24, 2.45) is 0 Å². The van der Waals surface area contributed by atoms with Gasteiger partial charge in [0.25, 0.3) is 0 Å². The number of hydrogen-bond acceptors (Lipinski definition) is 3. The number of pyridine rings is 1. The van der Waals surface area contributed by atoms with Crippen molar-refractivity contribution in [3.05, 3.63) is 57.3 Å². The first kappa shape index (κ1) is 15.0. The highest BCUT2D eigenvalue weighted by atomic mass is 79.9. The minimum Gasteiger partial charge on any atom is -0.489 e. The summed E-state index contributed by atoms with van der Waals surface area (Å²) in [6.45, 7) is 3.83. The summed E-state index contributed by atoms with van der Waals surface area (Å²) >= 11 is 9.40. The van der Waals surface area contributed by atoms with Crippen LogP contribution in [0.1, 0.15) is 29.8 Å². The van der Waals surface area contributed by atoms with Crippen LogP contribution in [0.5, 0.6) is 5.75 Å². The molecule has 1 aromatic heterocycles. The van der Waals surface area contributed by atoms with Crippen LogP contribution in [-0.4, -0.2) is 16.9 Å². The molecule has 0 amide bonds. The molecule has 20 heavy (non-hydrogen) atoms. The minimum absolute atomic E-state index is 0.0246. The normalized spacial score (nSPS) is 10.7. The van der Waals surface area contributed by atoms with Gasteiger partial charge in [-0.05, 0) is 38.1 Å². The van der Waals surface area contributed by atoms with Gasteiger partial charge in [-0.15, -0.1) is 0 Å². The van der Waals surface area contributed by atoms with Crippen molar-refractivity contribution in [3.8, 4) is 5.75 Å². The van der Waals surface area contributed by atoms with Gasteiger partial charge < -0.3 is 4.74 Å². The SMILES string of the molecule is CC(C)Oc1cncc(C(=O)c2cc(Br)ccc2Cl)c1.